The number of benzene rings is 1. The number of anilines is 1. The first-order valence-electron chi connectivity index (χ1n) is 7.47. The Balaban J connectivity index is 1.62. The van der Waals surface area contributed by atoms with Crippen LogP contribution >= 0.6 is 12.6 Å². The van der Waals surface area contributed by atoms with Gasteiger partial charge in [-0.25, -0.2) is 23.1 Å². The topological polar surface area (TPSA) is 38.2 Å². The smallest absolute Gasteiger partial charge is 0.225 e. The van der Waals surface area contributed by atoms with Gasteiger partial charge in [0, 0.05) is 35.8 Å². The number of rotatable bonds is 5. The fraction of sp³-hybridized carbons (Fsp3) is 0.375. The predicted molar refractivity (Wildman–Crippen MR) is 86.5 cm³/mol. The third kappa shape index (κ3) is 3.81. The average Bonchev–Trinajstić information content (AvgIpc) is 2.94. The zero-order chi connectivity index (χ0) is 17.1. The molecule has 0 bridgehead atoms. The van der Waals surface area contributed by atoms with Gasteiger partial charge < -0.3 is 9.64 Å². The first kappa shape index (κ1) is 17.0. The van der Waals surface area contributed by atoms with Crippen molar-refractivity contribution in [3.63, 3.8) is 0 Å². The first-order valence-corrected chi connectivity index (χ1v) is 7.99. The molecule has 2 atom stereocenters. The van der Waals surface area contributed by atoms with Crippen molar-refractivity contribution in [2.24, 2.45) is 0 Å². The molecule has 128 valence electrons. The van der Waals surface area contributed by atoms with Gasteiger partial charge in [-0.2, -0.15) is 12.6 Å². The number of ether oxygens (including phenoxy) is 1. The Labute approximate surface area is 143 Å². The second kappa shape index (κ2) is 7.40. The van der Waals surface area contributed by atoms with Gasteiger partial charge in [-0.3, -0.25) is 0 Å². The maximum Gasteiger partial charge on any atom is 0.225 e. The minimum absolute atomic E-state index is 0.0109. The molecule has 2 aromatic rings. The van der Waals surface area contributed by atoms with Crippen LogP contribution in [0.2, 0.25) is 0 Å². The van der Waals surface area contributed by atoms with Crippen molar-refractivity contribution in [1.82, 2.24) is 9.97 Å². The molecule has 0 spiro atoms. The largest absolute Gasteiger partial charge is 0.375 e. The minimum Gasteiger partial charge on any atom is -0.375 e. The molecule has 0 aliphatic carbocycles. The predicted octanol–water partition coefficient (Wildman–Crippen LogP) is 2.99. The van der Waals surface area contributed by atoms with E-state index in [0.717, 1.165) is 12.5 Å². The number of aromatic nitrogens is 2. The summed E-state index contributed by atoms with van der Waals surface area (Å²) in [5, 5.41) is 0.155. The van der Waals surface area contributed by atoms with Gasteiger partial charge in [-0.05, 0) is 18.6 Å². The summed E-state index contributed by atoms with van der Waals surface area (Å²) in [6.45, 7) is 0.828. The van der Waals surface area contributed by atoms with Crippen LogP contribution in [-0.2, 0) is 11.3 Å². The summed E-state index contributed by atoms with van der Waals surface area (Å²) in [6.07, 6.45) is 4.08. The van der Waals surface area contributed by atoms with Gasteiger partial charge in [0.1, 0.15) is 5.82 Å². The molecular formula is C16H16F3N3OS. The summed E-state index contributed by atoms with van der Waals surface area (Å²) in [5.41, 5.74) is -0.0168. The van der Waals surface area contributed by atoms with E-state index in [9.17, 15) is 13.2 Å². The Morgan fingerprint density at radius 1 is 1.12 bits per heavy atom. The molecule has 1 saturated heterocycles. The molecule has 1 aliphatic rings. The Morgan fingerprint density at radius 3 is 2.58 bits per heavy atom. The molecule has 4 nitrogen and oxygen atoms in total. The van der Waals surface area contributed by atoms with Gasteiger partial charge in [0.2, 0.25) is 5.95 Å². The monoisotopic (exact) mass is 355 g/mol. The van der Waals surface area contributed by atoms with Crippen LogP contribution in [0.1, 0.15) is 12.0 Å². The lowest BCUT2D eigenvalue weighted by Crippen LogP contribution is -2.34. The number of nitrogens with zero attached hydrogens (tertiary/aromatic N) is 3. The highest BCUT2D eigenvalue weighted by Crippen LogP contribution is 2.26. The Kier molecular flexibility index (Phi) is 5.25. The van der Waals surface area contributed by atoms with Crippen LogP contribution in [0.25, 0.3) is 0 Å². The van der Waals surface area contributed by atoms with Crippen molar-refractivity contribution < 1.29 is 17.9 Å². The fourth-order valence-electron chi connectivity index (χ4n) is 2.71. The molecule has 0 N–H and O–H groups in total. The minimum atomic E-state index is -1.21. The zero-order valence-electron chi connectivity index (χ0n) is 12.7. The van der Waals surface area contributed by atoms with Crippen LogP contribution < -0.4 is 4.90 Å². The van der Waals surface area contributed by atoms with Crippen molar-refractivity contribution in [2.75, 3.05) is 18.1 Å². The van der Waals surface area contributed by atoms with Gasteiger partial charge in [-0.1, -0.05) is 0 Å². The van der Waals surface area contributed by atoms with E-state index in [2.05, 4.69) is 22.6 Å². The normalized spacial score (nSPS) is 20.6. The summed E-state index contributed by atoms with van der Waals surface area (Å²) in [6, 6.07) is 3.06. The second-order valence-electron chi connectivity index (χ2n) is 5.62. The Bertz CT molecular complexity index is 704. The van der Waals surface area contributed by atoms with Crippen molar-refractivity contribution in [1.29, 1.82) is 0 Å². The number of thiol groups is 1. The molecule has 24 heavy (non-hydrogen) atoms. The average molecular weight is 355 g/mol. The third-order valence-electron chi connectivity index (χ3n) is 3.86. The van der Waals surface area contributed by atoms with Gasteiger partial charge >= 0.3 is 0 Å². The van der Waals surface area contributed by atoms with E-state index >= 15 is 0 Å². The summed E-state index contributed by atoms with van der Waals surface area (Å²) in [7, 11) is 0. The molecule has 3 rings (SSSR count). The Morgan fingerprint density at radius 2 is 1.83 bits per heavy atom. The summed E-state index contributed by atoms with van der Waals surface area (Å²) < 4.78 is 45.2. The second-order valence-corrected chi connectivity index (χ2v) is 6.35. The third-order valence-corrected chi connectivity index (χ3v) is 4.23. The van der Waals surface area contributed by atoms with Gasteiger partial charge in [0.15, 0.2) is 11.6 Å². The van der Waals surface area contributed by atoms with Crippen molar-refractivity contribution >= 4 is 18.6 Å². The van der Waals surface area contributed by atoms with Crippen molar-refractivity contribution in [3.05, 3.63) is 53.6 Å². The SMILES string of the molecule is Fc1cc(F)c(COCC2CC(S)CN2c2ncccn2)cc1F. The molecule has 1 fully saturated rings. The highest BCUT2D eigenvalue weighted by Gasteiger charge is 2.32. The first-order chi connectivity index (χ1) is 11.5. The van der Waals surface area contributed by atoms with Crippen molar-refractivity contribution in [3.8, 4) is 0 Å². The molecule has 8 heteroatoms. The van der Waals surface area contributed by atoms with E-state index < -0.39 is 17.5 Å². The highest BCUT2D eigenvalue weighted by molar-refractivity contribution is 7.81. The molecular weight excluding hydrogens is 339 g/mol. The molecule has 0 amide bonds. The number of halogens is 3. The van der Waals surface area contributed by atoms with Crippen LogP contribution in [-0.4, -0.2) is 34.4 Å². The van der Waals surface area contributed by atoms with Crippen LogP contribution in [0, 0.1) is 17.5 Å². The van der Waals surface area contributed by atoms with Gasteiger partial charge in [0.25, 0.3) is 0 Å². The van der Waals surface area contributed by atoms with E-state index in [1.165, 1.54) is 0 Å². The van der Waals surface area contributed by atoms with Crippen LogP contribution in [0.15, 0.2) is 30.6 Å². The quantitative estimate of drug-likeness (QED) is 0.661. The van der Waals surface area contributed by atoms with E-state index in [1.807, 2.05) is 4.90 Å². The molecule has 1 aromatic carbocycles. The molecule has 0 saturated carbocycles. The standard InChI is InChI=1S/C16H16F3N3OS/c17-13-6-15(19)14(18)4-10(13)8-23-9-11-5-12(24)7-22(11)16-20-2-1-3-21-16/h1-4,6,11-12,24H,5,7-9H2. The summed E-state index contributed by atoms with van der Waals surface area (Å²) >= 11 is 4.49. The maximum atomic E-state index is 13.6. The van der Waals surface area contributed by atoms with Gasteiger partial charge in [-0.15, -0.1) is 0 Å². The number of hydrogen-bond donors (Lipinski definition) is 1. The van der Waals surface area contributed by atoms with E-state index in [4.69, 9.17) is 4.74 Å². The lowest BCUT2D eigenvalue weighted by atomic mass is 10.2. The highest BCUT2D eigenvalue weighted by atomic mass is 32.1. The molecule has 1 aromatic heterocycles. The van der Waals surface area contributed by atoms with E-state index in [1.54, 1.807) is 18.5 Å². The van der Waals surface area contributed by atoms with Crippen LogP contribution in [0.4, 0.5) is 19.1 Å². The zero-order valence-corrected chi connectivity index (χ0v) is 13.6. The lowest BCUT2D eigenvalue weighted by molar-refractivity contribution is 0.106. The molecule has 1 aliphatic heterocycles. The molecule has 2 unspecified atom stereocenters. The summed E-state index contributed by atoms with van der Waals surface area (Å²) in [4.78, 5) is 10.4. The summed E-state index contributed by atoms with van der Waals surface area (Å²) in [5.74, 6) is -2.54. The fourth-order valence-corrected chi connectivity index (χ4v) is 3.13. The van der Waals surface area contributed by atoms with Crippen LogP contribution in [0.3, 0.4) is 0 Å². The van der Waals surface area contributed by atoms with Crippen molar-refractivity contribution in [2.45, 2.75) is 24.3 Å². The van der Waals surface area contributed by atoms with E-state index in [0.29, 0.717) is 18.6 Å². The number of hydrogen-bond acceptors (Lipinski definition) is 5. The van der Waals surface area contributed by atoms with Crippen LogP contribution in [0.5, 0.6) is 0 Å². The molecule has 2 heterocycles. The maximum absolute atomic E-state index is 13.6. The lowest BCUT2D eigenvalue weighted by Gasteiger charge is -2.24. The molecule has 0 radical (unpaired) electrons. The Hall–Kier alpha value is -1.80. The van der Waals surface area contributed by atoms with E-state index in [-0.39, 0.29) is 30.1 Å². The van der Waals surface area contributed by atoms with Gasteiger partial charge in [0.05, 0.1) is 19.3 Å².